The van der Waals surface area contributed by atoms with Gasteiger partial charge in [0.25, 0.3) is 0 Å². The average molecular weight is 155 g/mol. The topological polar surface area (TPSA) is 43.1 Å². The van der Waals surface area contributed by atoms with Gasteiger partial charge in [-0.15, -0.1) is 0 Å². The molecular formula is C9H17NO. The molecule has 64 valence electrons. The molecule has 1 amide bonds. The van der Waals surface area contributed by atoms with E-state index in [0.29, 0.717) is 11.5 Å². The SMILES string of the molecule is CCCC(C)/C=C(\C)C(N)=O. The number of hydrogen-bond acceptors (Lipinski definition) is 1. The van der Waals surface area contributed by atoms with Crippen LogP contribution in [0.25, 0.3) is 0 Å². The van der Waals surface area contributed by atoms with E-state index in [4.69, 9.17) is 5.73 Å². The van der Waals surface area contributed by atoms with Crippen LogP contribution in [0.5, 0.6) is 0 Å². The summed E-state index contributed by atoms with van der Waals surface area (Å²) in [6, 6.07) is 0. The Bertz CT molecular complexity index is 161. The number of primary amides is 1. The normalized spacial score (nSPS) is 14.6. The van der Waals surface area contributed by atoms with Crippen LogP contribution in [0.3, 0.4) is 0 Å². The molecule has 0 aromatic rings. The van der Waals surface area contributed by atoms with E-state index in [9.17, 15) is 4.79 Å². The number of carbonyl (C=O) groups excluding carboxylic acids is 1. The summed E-state index contributed by atoms with van der Waals surface area (Å²) >= 11 is 0. The molecule has 0 aliphatic heterocycles. The fraction of sp³-hybridized carbons (Fsp3) is 0.667. The predicted molar refractivity (Wildman–Crippen MR) is 47.0 cm³/mol. The standard InChI is InChI=1S/C9H17NO/c1-4-5-7(2)6-8(3)9(10)11/h6-7H,4-5H2,1-3H3,(H2,10,11)/b8-6+. The molecule has 2 heteroatoms. The highest BCUT2D eigenvalue weighted by atomic mass is 16.1. The third-order valence-corrected chi connectivity index (χ3v) is 1.67. The highest BCUT2D eigenvalue weighted by molar-refractivity contribution is 5.91. The van der Waals surface area contributed by atoms with Crippen molar-refractivity contribution < 1.29 is 4.79 Å². The van der Waals surface area contributed by atoms with Gasteiger partial charge in [0.05, 0.1) is 0 Å². The van der Waals surface area contributed by atoms with Gasteiger partial charge in [0, 0.05) is 5.57 Å². The smallest absolute Gasteiger partial charge is 0.244 e. The average Bonchev–Trinajstić information content (AvgIpc) is 1.87. The summed E-state index contributed by atoms with van der Waals surface area (Å²) in [5.74, 6) is 0.153. The van der Waals surface area contributed by atoms with Crippen molar-refractivity contribution in [1.82, 2.24) is 0 Å². The van der Waals surface area contributed by atoms with Crippen molar-refractivity contribution in [3.8, 4) is 0 Å². The van der Waals surface area contributed by atoms with Crippen LogP contribution in [0.15, 0.2) is 11.6 Å². The number of carbonyl (C=O) groups is 1. The van der Waals surface area contributed by atoms with E-state index in [1.165, 1.54) is 0 Å². The lowest BCUT2D eigenvalue weighted by molar-refractivity contribution is -0.114. The Kier molecular flexibility index (Phi) is 4.59. The number of rotatable bonds is 4. The van der Waals surface area contributed by atoms with Gasteiger partial charge in [-0.2, -0.15) is 0 Å². The predicted octanol–water partition coefficient (Wildman–Crippen LogP) is 1.85. The van der Waals surface area contributed by atoms with Crippen molar-refractivity contribution in [2.75, 3.05) is 0 Å². The van der Waals surface area contributed by atoms with Gasteiger partial charge in [0.1, 0.15) is 0 Å². The molecule has 0 saturated heterocycles. The van der Waals surface area contributed by atoms with Gasteiger partial charge in [0.2, 0.25) is 5.91 Å². The summed E-state index contributed by atoms with van der Waals surface area (Å²) in [6.45, 7) is 5.98. The summed E-state index contributed by atoms with van der Waals surface area (Å²) in [5, 5.41) is 0. The first-order valence-corrected chi connectivity index (χ1v) is 4.06. The zero-order chi connectivity index (χ0) is 8.85. The zero-order valence-corrected chi connectivity index (χ0v) is 7.55. The van der Waals surface area contributed by atoms with Crippen molar-refractivity contribution in [3.63, 3.8) is 0 Å². The second kappa shape index (κ2) is 4.94. The molecule has 0 spiro atoms. The summed E-state index contributed by atoms with van der Waals surface area (Å²) in [4.78, 5) is 10.6. The van der Waals surface area contributed by atoms with E-state index in [0.717, 1.165) is 12.8 Å². The number of allylic oxidation sites excluding steroid dienone is 1. The maximum atomic E-state index is 10.6. The molecule has 0 heterocycles. The first-order valence-electron chi connectivity index (χ1n) is 4.06. The van der Waals surface area contributed by atoms with Crippen LogP contribution in [-0.4, -0.2) is 5.91 Å². The van der Waals surface area contributed by atoms with E-state index in [2.05, 4.69) is 13.8 Å². The second-order valence-electron chi connectivity index (χ2n) is 2.98. The molecule has 0 fully saturated rings. The molecule has 0 bridgehead atoms. The maximum absolute atomic E-state index is 10.6. The van der Waals surface area contributed by atoms with Gasteiger partial charge in [-0.1, -0.05) is 26.3 Å². The van der Waals surface area contributed by atoms with E-state index in [-0.39, 0.29) is 5.91 Å². The highest BCUT2D eigenvalue weighted by Gasteiger charge is 2.00. The minimum Gasteiger partial charge on any atom is -0.366 e. The molecule has 11 heavy (non-hydrogen) atoms. The Hall–Kier alpha value is -0.790. The van der Waals surface area contributed by atoms with Crippen molar-refractivity contribution >= 4 is 5.91 Å². The van der Waals surface area contributed by atoms with Crippen molar-refractivity contribution in [2.24, 2.45) is 11.7 Å². The number of nitrogens with two attached hydrogens (primary N) is 1. The molecule has 0 radical (unpaired) electrons. The minimum atomic E-state index is -0.312. The summed E-state index contributed by atoms with van der Waals surface area (Å²) in [6.07, 6.45) is 4.19. The zero-order valence-electron chi connectivity index (χ0n) is 7.55. The molecule has 0 aliphatic carbocycles. The largest absolute Gasteiger partial charge is 0.366 e. The van der Waals surface area contributed by atoms with E-state index in [1.807, 2.05) is 6.08 Å². The third-order valence-electron chi connectivity index (χ3n) is 1.67. The van der Waals surface area contributed by atoms with Crippen LogP contribution < -0.4 is 5.73 Å². The third kappa shape index (κ3) is 4.59. The van der Waals surface area contributed by atoms with Gasteiger partial charge in [-0.3, -0.25) is 4.79 Å². The minimum absolute atomic E-state index is 0.312. The van der Waals surface area contributed by atoms with Crippen LogP contribution in [0, 0.1) is 5.92 Å². The number of amides is 1. The monoisotopic (exact) mass is 155 g/mol. The summed E-state index contributed by atoms with van der Waals surface area (Å²) < 4.78 is 0. The Morgan fingerprint density at radius 1 is 1.64 bits per heavy atom. The lowest BCUT2D eigenvalue weighted by atomic mass is 10.0. The molecule has 0 rings (SSSR count). The summed E-state index contributed by atoms with van der Waals surface area (Å²) in [5.41, 5.74) is 5.75. The molecule has 0 saturated carbocycles. The van der Waals surface area contributed by atoms with Crippen LogP contribution in [0.4, 0.5) is 0 Å². The van der Waals surface area contributed by atoms with Crippen LogP contribution >= 0.6 is 0 Å². The van der Waals surface area contributed by atoms with Crippen LogP contribution in [-0.2, 0) is 4.79 Å². The van der Waals surface area contributed by atoms with E-state index < -0.39 is 0 Å². The molecule has 0 aliphatic rings. The maximum Gasteiger partial charge on any atom is 0.244 e. The van der Waals surface area contributed by atoms with Gasteiger partial charge in [0.15, 0.2) is 0 Å². The highest BCUT2D eigenvalue weighted by Crippen LogP contribution is 2.08. The Labute approximate surface area is 68.5 Å². The lowest BCUT2D eigenvalue weighted by Crippen LogP contribution is -2.12. The molecule has 0 aromatic heterocycles. The Morgan fingerprint density at radius 2 is 2.18 bits per heavy atom. The first-order chi connectivity index (χ1) is 5.07. The van der Waals surface area contributed by atoms with E-state index >= 15 is 0 Å². The quantitative estimate of drug-likeness (QED) is 0.618. The second-order valence-corrected chi connectivity index (χ2v) is 2.98. The van der Waals surface area contributed by atoms with E-state index in [1.54, 1.807) is 6.92 Å². The Morgan fingerprint density at radius 3 is 2.55 bits per heavy atom. The fourth-order valence-electron chi connectivity index (χ4n) is 1.05. The summed E-state index contributed by atoms with van der Waals surface area (Å²) in [7, 11) is 0. The molecule has 1 unspecified atom stereocenters. The molecular weight excluding hydrogens is 138 g/mol. The van der Waals surface area contributed by atoms with Crippen molar-refractivity contribution in [2.45, 2.75) is 33.6 Å². The molecule has 2 N–H and O–H groups in total. The van der Waals surface area contributed by atoms with Crippen molar-refractivity contribution in [1.29, 1.82) is 0 Å². The first kappa shape index (κ1) is 10.2. The fourth-order valence-corrected chi connectivity index (χ4v) is 1.05. The molecule has 2 nitrogen and oxygen atoms in total. The van der Waals surface area contributed by atoms with Gasteiger partial charge < -0.3 is 5.73 Å². The van der Waals surface area contributed by atoms with Crippen LogP contribution in [0.2, 0.25) is 0 Å². The van der Waals surface area contributed by atoms with Gasteiger partial charge in [-0.25, -0.2) is 0 Å². The molecule has 0 aromatic carbocycles. The van der Waals surface area contributed by atoms with Gasteiger partial charge in [-0.05, 0) is 19.3 Å². The van der Waals surface area contributed by atoms with Crippen LogP contribution in [0.1, 0.15) is 33.6 Å². The van der Waals surface area contributed by atoms with Crippen molar-refractivity contribution in [3.05, 3.63) is 11.6 Å². The lowest BCUT2D eigenvalue weighted by Gasteiger charge is -2.03. The number of hydrogen-bond donors (Lipinski definition) is 1. The Balaban J connectivity index is 3.96. The van der Waals surface area contributed by atoms with Gasteiger partial charge >= 0.3 is 0 Å². The molecule has 1 atom stereocenters.